The van der Waals surface area contributed by atoms with Crippen LogP contribution in [0.3, 0.4) is 0 Å². The number of amides is 1. The Kier molecular flexibility index (Phi) is 7.15. The molecule has 1 saturated heterocycles. The van der Waals surface area contributed by atoms with Crippen LogP contribution in [0.4, 0.5) is 11.5 Å². The maximum atomic E-state index is 13.0. The first-order valence-electron chi connectivity index (χ1n) is 11.7. The molecule has 1 aliphatic rings. The highest BCUT2D eigenvalue weighted by Gasteiger charge is 2.23. The smallest absolute Gasteiger partial charge is 0.271 e. The van der Waals surface area contributed by atoms with Crippen LogP contribution in [-0.2, 0) is 0 Å². The van der Waals surface area contributed by atoms with Crippen molar-refractivity contribution in [3.05, 3.63) is 76.6 Å². The zero-order chi connectivity index (χ0) is 24.1. The Bertz CT molecular complexity index is 1160. The van der Waals surface area contributed by atoms with Crippen LogP contribution in [-0.4, -0.2) is 67.0 Å². The lowest BCUT2D eigenvalue weighted by molar-refractivity contribution is 0.0746. The normalized spacial score (nSPS) is 13.6. The minimum atomic E-state index is -0.198. The van der Waals surface area contributed by atoms with Crippen LogP contribution in [0.1, 0.15) is 24.2 Å². The third-order valence-electron chi connectivity index (χ3n) is 6.24. The van der Waals surface area contributed by atoms with Crippen LogP contribution in [0, 0.1) is 0 Å². The molecule has 0 atom stereocenters. The van der Waals surface area contributed by atoms with Gasteiger partial charge in [0.25, 0.3) is 11.5 Å². The molecular weight excluding hydrogens is 430 g/mol. The Balaban J connectivity index is 1.42. The van der Waals surface area contributed by atoms with E-state index in [1.54, 1.807) is 37.4 Å². The van der Waals surface area contributed by atoms with E-state index in [-0.39, 0.29) is 11.5 Å². The summed E-state index contributed by atoms with van der Waals surface area (Å²) in [6.07, 6.45) is 0. The zero-order valence-corrected chi connectivity index (χ0v) is 20.0. The zero-order valence-electron chi connectivity index (χ0n) is 20.0. The van der Waals surface area contributed by atoms with E-state index in [1.165, 1.54) is 10.7 Å². The van der Waals surface area contributed by atoms with Gasteiger partial charge in [-0.3, -0.25) is 9.59 Å². The summed E-state index contributed by atoms with van der Waals surface area (Å²) in [4.78, 5) is 31.7. The summed E-state index contributed by atoms with van der Waals surface area (Å²) >= 11 is 0. The summed E-state index contributed by atoms with van der Waals surface area (Å²) in [5.74, 6) is 1.48. The van der Waals surface area contributed by atoms with Gasteiger partial charge in [-0.25, -0.2) is 0 Å². The Hall–Kier alpha value is -3.81. The molecule has 0 unspecified atom stereocenters. The maximum Gasteiger partial charge on any atom is 0.271 e. The van der Waals surface area contributed by atoms with Crippen molar-refractivity contribution in [2.45, 2.75) is 13.8 Å². The number of aromatic nitrogens is 2. The van der Waals surface area contributed by atoms with Gasteiger partial charge in [0.1, 0.15) is 11.6 Å². The molecule has 1 aromatic heterocycles. The largest absolute Gasteiger partial charge is 0.497 e. The van der Waals surface area contributed by atoms with E-state index < -0.39 is 0 Å². The molecule has 8 heteroatoms. The Morgan fingerprint density at radius 2 is 1.56 bits per heavy atom. The first kappa shape index (κ1) is 23.4. The molecule has 0 N–H and O–H groups in total. The molecule has 1 aliphatic heterocycles. The maximum absolute atomic E-state index is 13.0. The number of anilines is 2. The van der Waals surface area contributed by atoms with Crippen LogP contribution < -0.4 is 20.1 Å². The molecule has 0 spiro atoms. The summed E-state index contributed by atoms with van der Waals surface area (Å²) < 4.78 is 6.58. The van der Waals surface area contributed by atoms with E-state index in [1.807, 2.05) is 29.2 Å². The van der Waals surface area contributed by atoms with Crippen molar-refractivity contribution < 1.29 is 9.53 Å². The van der Waals surface area contributed by atoms with Crippen molar-refractivity contribution >= 4 is 17.4 Å². The quantitative estimate of drug-likeness (QED) is 0.539. The molecule has 1 amide bonds. The van der Waals surface area contributed by atoms with Crippen LogP contribution in [0.25, 0.3) is 5.69 Å². The predicted molar refractivity (Wildman–Crippen MR) is 135 cm³/mol. The molecule has 3 aromatic rings. The lowest BCUT2D eigenvalue weighted by atomic mass is 10.1. The number of methoxy groups -OCH3 is 1. The van der Waals surface area contributed by atoms with Gasteiger partial charge in [0.15, 0.2) is 0 Å². The highest BCUT2D eigenvalue weighted by atomic mass is 16.5. The Morgan fingerprint density at radius 1 is 0.912 bits per heavy atom. The number of piperazine rings is 1. The molecule has 0 bridgehead atoms. The fourth-order valence-corrected chi connectivity index (χ4v) is 4.20. The van der Waals surface area contributed by atoms with E-state index in [0.29, 0.717) is 43.2 Å². The lowest BCUT2D eigenvalue weighted by Crippen LogP contribution is -2.49. The monoisotopic (exact) mass is 461 g/mol. The van der Waals surface area contributed by atoms with Crippen molar-refractivity contribution in [1.82, 2.24) is 14.7 Å². The number of hydrogen-bond acceptors (Lipinski definition) is 6. The molecule has 178 valence electrons. The van der Waals surface area contributed by atoms with Gasteiger partial charge in [0.05, 0.1) is 12.8 Å². The molecule has 34 heavy (non-hydrogen) atoms. The van der Waals surface area contributed by atoms with Gasteiger partial charge in [0.2, 0.25) is 0 Å². The molecule has 2 aromatic carbocycles. The molecule has 0 radical (unpaired) electrons. The number of carbonyl (C=O) groups is 1. The second kappa shape index (κ2) is 10.4. The minimum absolute atomic E-state index is 0.0434. The molecule has 2 heterocycles. The van der Waals surface area contributed by atoms with Gasteiger partial charge in [-0.1, -0.05) is 0 Å². The summed E-state index contributed by atoms with van der Waals surface area (Å²) in [5, 5.41) is 4.57. The topological polar surface area (TPSA) is 70.9 Å². The van der Waals surface area contributed by atoms with Crippen molar-refractivity contribution in [3.63, 3.8) is 0 Å². The third kappa shape index (κ3) is 4.90. The van der Waals surface area contributed by atoms with Crippen LogP contribution in [0.15, 0.2) is 65.5 Å². The predicted octanol–water partition coefficient (Wildman–Crippen LogP) is 3.05. The number of benzene rings is 2. The van der Waals surface area contributed by atoms with Crippen molar-refractivity contribution in [2.24, 2.45) is 0 Å². The van der Waals surface area contributed by atoms with E-state index in [4.69, 9.17) is 4.74 Å². The molecule has 8 nitrogen and oxygen atoms in total. The SMILES string of the molecule is CCN(CC)c1ccc(C(=O)N2CCN(c3ccc(=O)n(-c4ccc(OC)cc4)n3)CC2)cc1. The third-order valence-corrected chi connectivity index (χ3v) is 6.24. The van der Waals surface area contributed by atoms with E-state index in [9.17, 15) is 9.59 Å². The number of rotatable bonds is 7. The Morgan fingerprint density at radius 3 is 2.15 bits per heavy atom. The lowest BCUT2D eigenvalue weighted by Gasteiger charge is -2.35. The number of ether oxygens (including phenoxy) is 1. The van der Waals surface area contributed by atoms with Gasteiger partial charge < -0.3 is 19.4 Å². The standard InChI is InChI=1S/C26H31N5O3/c1-4-28(5-2)21-8-6-20(7-9-21)26(33)30-18-16-29(17-19-30)24-14-15-25(32)31(27-24)22-10-12-23(34-3)13-11-22/h6-15H,4-5,16-19H2,1-3H3. The second-order valence-corrected chi connectivity index (χ2v) is 8.14. The van der Waals surface area contributed by atoms with Gasteiger partial charge in [-0.15, -0.1) is 5.10 Å². The fraction of sp³-hybridized carbons (Fsp3) is 0.346. The Labute approximate surface area is 200 Å². The average Bonchev–Trinajstić information content (AvgIpc) is 2.90. The summed E-state index contributed by atoms with van der Waals surface area (Å²) in [6.45, 7) is 8.62. The van der Waals surface area contributed by atoms with Crippen LogP contribution >= 0.6 is 0 Å². The second-order valence-electron chi connectivity index (χ2n) is 8.14. The molecule has 0 aliphatic carbocycles. The molecule has 0 saturated carbocycles. The number of hydrogen-bond donors (Lipinski definition) is 0. The number of carbonyl (C=O) groups excluding carboxylic acids is 1. The molecule has 1 fully saturated rings. The highest BCUT2D eigenvalue weighted by molar-refractivity contribution is 5.94. The van der Waals surface area contributed by atoms with Crippen LogP contribution in [0.2, 0.25) is 0 Å². The first-order valence-corrected chi connectivity index (χ1v) is 11.7. The van der Waals surface area contributed by atoms with E-state index in [2.05, 4.69) is 28.7 Å². The van der Waals surface area contributed by atoms with E-state index in [0.717, 1.165) is 24.5 Å². The first-order chi connectivity index (χ1) is 16.5. The van der Waals surface area contributed by atoms with Gasteiger partial charge in [0, 0.05) is 56.6 Å². The van der Waals surface area contributed by atoms with Crippen molar-refractivity contribution in [3.8, 4) is 11.4 Å². The molecular formula is C26H31N5O3. The van der Waals surface area contributed by atoms with Gasteiger partial charge in [-0.05, 0) is 68.4 Å². The minimum Gasteiger partial charge on any atom is -0.497 e. The van der Waals surface area contributed by atoms with Crippen LogP contribution in [0.5, 0.6) is 5.75 Å². The fourth-order valence-electron chi connectivity index (χ4n) is 4.20. The summed E-state index contributed by atoms with van der Waals surface area (Å²) in [5.41, 5.74) is 2.31. The van der Waals surface area contributed by atoms with Gasteiger partial charge in [-0.2, -0.15) is 4.68 Å². The molecule has 4 rings (SSSR count). The van der Waals surface area contributed by atoms with Gasteiger partial charge >= 0.3 is 0 Å². The van der Waals surface area contributed by atoms with Crippen molar-refractivity contribution in [1.29, 1.82) is 0 Å². The average molecular weight is 462 g/mol. The van der Waals surface area contributed by atoms with Crippen molar-refractivity contribution in [2.75, 3.05) is 56.2 Å². The summed E-state index contributed by atoms with van der Waals surface area (Å²) in [6, 6.07) is 18.3. The van der Waals surface area contributed by atoms with E-state index >= 15 is 0 Å². The highest BCUT2D eigenvalue weighted by Crippen LogP contribution is 2.19. The number of nitrogens with zero attached hydrogens (tertiary/aromatic N) is 5. The summed E-state index contributed by atoms with van der Waals surface area (Å²) in [7, 11) is 1.60.